The van der Waals surface area contributed by atoms with E-state index in [1.807, 2.05) is 6.92 Å². The molecule has 0 fully saturated rings. The molecule has 0 aliphatic rings. The SMILES string of the molecule is Cc1ccc(C(=O)N/N=C/c2ccc(OC(=O)c3ccc([N+](=O)[O-])cc3)cc2)c(Cl)c1. The van der Waals surface area contributed by atoms with E-state index in [1.54, 1.807) is 42.5 Å². The standard InChI is InChI=1S/C22H16ClN3O5/c1-14-2-11-19(20(23)12-14)21(27)25-24-13-15-3-9-18(10-4-15)31-22(28)16-5-7-17(8-6-16)26(29)30/h2-13H,1H3,(H,25,27)/b24-13+. The first kappa shape index (κ1) is 21.7. The van der Waals surface area contributed by atoms with Crippen molar-refractivity contribution in [2.24, 2.45) is 5.10 Å². The summed E-state index contributed by atoms with van der Waals surface area (Å²) in [5.41, 5.74) is 4.40. The maximum atomic E-state index is 12.1. The van der Waals surface area contributed by atoms with Gasteiger partial charge in [-0.15, -0.1) is 0 Å². The Labute approximate surface area is 182 Å². The summed E-state index contributed by atoms with van der Waals surface area (Å²) in [6.45, 7) is 1.87. The van der Waals surface area contributed by atoms with E-state index in [2.05, 4.69) is 10.5 Å². The third-order valence-corrected chi connectivity index (χ3v) is 4.47. The van der Waals surface area contributed by atoms with Gasteiger partial charge in [-0.05, 0) is 66.6 Å². The van der Waals surface area contributed by atoms with Crippen molar-refractivity contribution in [1.29, 1.82) is 0 Å². The molecule has 1 amide bonds. The molecule has 3 aromatic carbocycles. The van der Waals surface area contributed by atoms with Crippen LogP contribution in [-0.2, 0) is 0 Å². The molecule has 0 radical (unpaired) electrons. The summed E-state index contributed by atoms with van der Waals surface area (Å²) in [5, 5.41) is 14.9. The summed E-state index contributed by atoms with van der Waals surface area (Å²) in [7, 11) is 0. The van der Waals surface area contributed by atoms with Crippen molar-refractivity contribution in [2.45, 2.75) is 6.92 Å². The number of hydrogen-bond donors (Lipinski definition) is 1. The van der Waals surface area contributed by atoms with Crippen LogP contribution in [0.3, 0.4) is 0 Å². The van der Waals surface area contributed by atoms with Gasteiger partial charge in [-0.3, -0.25) is 14.9 Å². The average molecular weight is 438 g/mol. The predicted molar refractivity (Wildman–Crippen MR) is 116 cm³/mol. The highest BCUT2D eigenvalue weighted by atomic mass is 35.5. The van der Waals surface area contributed by atoms with Crippen LogP contribution in [0.15, 0.2) is 71.8 Å². The molecular weight excluding hydrogens is 422 g/mol. The number of nitro benzene ring substituents is 1. The number of rotatable bonds is 6. The fraction of sp³-hybridized carbons (Fsp3) is 0.0455. The van der Waals surface area contributed by atoms with Gasteiger partial charge in [0.15, 0.2) is 0 Å². The lowest BCUT2D eigenvalue weighted by Gasteiger charge is -2.05. The van der Waals surface area contributed by atoms with Gasteiger partial charge in [-0.1, -0.05) is 17.7 Å². The van der Waals surface area contributed by atoms with Crippen LogP contribution >= 0.6 is 11.6 Å². The summed E-state index contributed by atoms with van der Waals surface area (Å²) < 4.78 is 5.24. The second kappa shape index (κ2) is 9.64. The van der Waals surface area contributed by atoms with Crippen LogP contribution in [0, 0.1) is 17.0 Å². The van der Waals surface area contributed by atoms with Crippen molar-refractivity contribution in [1.82, 2.24) is 5.43 Å². The summed E-state index contributed by atoms with van der Waals surface area (Å²) in [6, 6.07) is 16.6. The van der Waals surface area contributed by atoms with Crippen LogP contribution in [0.25, 0.3) is 0 Å². The first-order valence-electron chi connectivity index (χ1n) is 9.00. The van der Waals surface area contributed by atoms with Crippen molar-refractivity contribution >= 4 is 35.4 Å². The first-order chi connectivity index (χ1) is 14.8. The molecule has 0 saturated heterocycles. The molecule has 0 aromatic heterocycles. The van der Waals surface area contributed by atoms with Gasteiger partial charge < -0.3 is 4.74 Å². The lowest BCUT2D eigenvalue weighted by Crippen LogP contribution is -2.18. The molecule has 3 rings (SSSR count). The fourth-order valence-corrected chi connectivity index (χ4v) is 2.86. The topological polar surface area (TPSA) is 111 Å². The Kier molecular flexibility index (Phi) is 6.74. The normalized spacial score (nSPS) is 10.6. The molecule has 0 aliphatic heterocycles. The second-order valence-electron chi connectivity index (χ2n) is 6.44. The predicted octanol–water partition coefficient (Wildman–Crippen LogP) is 4.54. The van der Waals surface area contributed by atoms with Crippen LogP contribution in [0.1, 0.15) is 31.8 Å². The molecule has 0 spiro atoms. The third-order valence-electron chi connectivity index (χ3n) is 4.15. The molecule has 3 aromatic rings. The third kappa shape index (κ3) is 5.74. The monoisotopic (exact) mass is 437 g/mol. The van der Waals surface area contributed by atoms with Gasteiger partial charge in [-0.2, -0.15) is 5.10 Å². The molecule has 8 nitrogen and oxygen atoms in total. The van der Waals surface area contributed by atoms with Crippen molar-refractivity contribution in [2.75, 3.05) is 0 Å². The Morgan fingerprint density at radius 1 is 1.06 bits per heavy atom. The highest BCUT2D eigenvalue weighted by molar-refractivity contribution is 6.33. The van der Waals surface area contributed by atoms with Gasteiger partial charge in [0.1, 0.15) is 5.75 Å². The molecule has 1 N–H and O–H groups in total. The van der Waals surface area contributed by atoms with Gasteiger partial charge in [-0.25, -0.2) is 10.2 Å². The molecule has 0 bridgehead atoms. The number of hydrazone groups is 1. The largest absolute Gasteiger partial charge is 0.423 e. The fourth-order valence-electron chi connectivity index (χ4n) is 2.54. The minimum atomic E-state index is -0.640. The zero-order valence-corrected chi connectivity index (χ0v) is 17.0. The quantitative estimate of drug-likeness (QED) is 0.200. The summed E-state index contributed by atoms with van der Waals surface area (Å²) in [6.07, 6.45) is 1.43. The number of non-ortho nitro benzene ring substituents is 1. The number of carbonyl (C=O) groups excluding carboxylic acids is 2. The second-order valence-corrected chi connectivity index (χ2v) is 6.85. The van der Waals surface area contributed by atoms with Crippen LogP contribution in [0.2, 0.25) is 5.02 Å². The number of esters is 1. The van der Waals surface area contributed by atoms with Gasteiger partial charge in [0, 0.05) is 12.1 Å². The number of hydrogen-bond acceptors (Lipinski definition) is 6. The van der Waals surface area contributed by atoms with E-state index in [4.69, 9.17) is 16.3 Å². The molecule has 0 aliphatic carbocycles. The van der Waals surface area contributed by atoms with E-state index >= 15 is 0 Å². The van der Waals surface area contributed by atoms with Crippen LogP contribution in [0.4, 0.5) is 5.69 Å². The number of nitrogens with zero attached hydrogens (tertiary/aromatic N) is 2. The smallest absolute Gasteiger partial charge is 0.343 e. The zero-order valence-electron chi connectivity index (χ0n) is 16.2. The zero-order chi connectivity index (χ0) is 22.4. The number of nitrogens with one attached hydrogen (secondary N) is 1. The molecule has 9 heteroatoms. The van der Waals surface area contributed by atoms with Crippen LogP contribution in [0.5, 0.6) is 5.75 Å². The Morgan fingerprint density at radius 3 is 2.35 bits per heavy atom. The van der Waals surface area contributed by atoms with Crippen molar-refractivity contribution in [3.05, 3.63) is 104 Å². The minimum Gasteiger partial charge on any atom is -0.423 e. The summed E-state index contributed by atoms with van der Waals surface area (Å²) >= 11 is 6.06. The minimum absolute atomic E-state index is 0.114. The molecule has 0 saturated carbocycles. The molecule has 0 atom stereocenters. The number of halogens is 1. The van der Waals surface area contributed by atoms with E-state index in [9.17, 15) is 19.7 Å². The number of ether oxygens (including phenoxy) is 1. The van der Waals surface area contributed by atoms with Crippen molar-refractivity contribution < 1.29 is 19.2 Å². The van der Waals surface area contributed by atoms with E-state index < -0.39 is 16.8 Å². The van der Waals surface area contributed by atoms with E-state index in [0.29, 0.717) is 16.1 Å². The lowest BCUT2D eigenvalue weighted by molar-refractivity contribution is -0.384. The molecule has 0 heterocycles. The summed E-state index contributed by atoms with van der Waals surface area (Å²) in [5.74, 6) is -0.788. The maximum Gasteiger partial charge on any atom is 0.343 e. The van der Waals surface area contributed by atoms with E-state index in [0.717, 1.165) is 5.56 Å². The highest BCUT2D eigenvalue weighted by Gasteiger charge is 2.12. The number of benzene rings is 3. The number of aryl methyl sites for hydroxylation is 1. The Morgan fingerprint density at radius 2 is 1.74 bits per heavy atom. The molecule has 0 unspecified atom stereocenters. The average Bonchev–Trinajstić information content (AvgIpc) is 2.75. The van der Waals surface area contributed by atoms with Crippen molar-refractivity contribution in [3.8, 4) is 5.75 Å². The van der Waals surface area contributed by atoms with Crippen LogP contribution < -0.4 is 10.2 Å². The molecule has 31 heavy (non-hydrogen) atoms. The van der Waals surface area contributed by atoms with Gasteiger partial charge in [0.25, 0.3) is 11.6 Å². The van der Waals surface area contributed by atoms with Crippen LogP contribution in [-0.4, -0.2) is 23.0 Å². The van der Waals surface area contributed by atoms with Crippen molar-refractivity contribution in [3.63, 3.8) is 0 Å². The molecule has 156 valence electrons. The molecular formula is C22H16ClN3O5. The Hall–Kier alpha value is -4.04. The van der Waals surface area contributed by atoms with Gasteiger partial charge in [0.05, 0.1) is 27.3 Å². The Bertz CT molecular complexity index is 1160. The summed E-state index contributed by atoms with van der Waals surface area (Å²) in [4.78, 5) is 34.4. The lowest BCUT2D eigenvalue weighted by atomic mass is 10.1. The van der Waals surface area contributed by atoms with E-state index in [-0.39, 0.29) is 17.0 Å². The van der Waals surface area contributed by atoms with E-state index in [1.165, 1.54) is 30.5 Å². The first-order valence-corrected chi connectivity index (χ1v) is 9.37. The highest BCUT2D eigenvalue weighted by Crippen LogP contribution is 2.18. The number of carbonyl (C=O) groups is 2. The Balaban J connectivity index is 1.57. The number of amides is 1. The maximum absolute atomic E-state index is 12.1. The number of nitro groups is 1. The van der Waals surface area contributed by atoms with Gasteiger partial charge >= 0.3 is 5.97 Å². The van der Waals surface area contributed by atoms with Gasteiger partial charge in [0.2, 0.25) is 0 Å².